The number of nitrogens with one attached hydrogen (secondary N) is 1. The predicted molar refractivity (Wildman–Crippen MR) is 92.9 cm³/mol. The smallest absolute Gasteiger partial charge is 0.251 e. The highest BCUT2D eigenvalue weighted by molar-refractivity contribution is 5.95. The molecule has 0 spiro atoms. The van der Waals surface area contributed by atoms with Crippen molar-refractivity contribution < 1.29 is 14.4 Å². The molecule has 2 aromatic carbocycles. The normalized spacial score (nSPS) is 12.0. The van der Waals surface area contributed by atoms with Crippen molar-refractivity contribution in [2.24, 2.45) is 0 Å². The van der Waals surface area contributed by atoms with Gasteiger partial charge in [-0.05, 0) is 30.2 Å². The Morgan fingerprint density at radius 1 is 1.20 bits per heavy atom. The Morgan fingerprint density at radius 2 is 2.00 bits per heavy atom. The van der Waals surface area contributed by atoms with E-state index in [1.54, 1.807) is 25.1 Å². The van der Waals surface area contributed by atoms with Crippen molar-refractivity contribution in [2.45, 2.75) is 20.0 Å². The first-order chi connectivity index (χ1) is 12.0. The summed E-state index contributed by atoms with van der Waals surface area (Å²) in [5.74, 6) is 0.632. The van der Waals surface area contributed by atoms with Crippen LogP contribution in [0.25, 0.3) is 11.4 Å². The first kappa shape index (κ1) is 16.9. The lowest BCUT2D eigenvalue weighted by Crippen LogP contribution is -2.28. The molecular weight excluding hydrogens is 318 g/mol. The number of benzene rings is 2. The fraction of sp³-hybridized carbons (Fsp3) is 0.211. The Morgan fingerprint density at radius 3 is 2.72 bits per heavy atom. The minimum Gasteiger partial charge on any atom is -0.387 e. The van der Waals surface area contributed by atoms with Gasteiger partial charge in [0, 0.05) is 24.6 Å². The minimum atomic E-state index is -0.756. The van der Waals surface area contributed by atoms with E-state index in [1.807, 2.05) is 37.3 Å². The van der Waals surface area contributed by atoms with Crippen LogP contribution in [-0.2, 0) is 0 Å². The zero-order valence-corrected chi connectivity index (χ0v) is 14.1. The van der Waals surface area contributed by atoms with Crippen molar-refractivity contribution in [3.63, 3.8) is 0 Å². The van der Waals surface area contributed by atoms with Gasteiger partial charge < -0.3 is 14.9 Å². The highest BCUT2D eigenvalue weighted by Gasteiger charge is 2.14. The molecule has 0 radical (unpaired) electrons. The molecule has 2 N–H and O–H groups in total. The summed E-state index contributed by atoms with van der Waals surface area (Å²) in [5, 5.41) is 16.9. The molecule has 128 valence electrons. The molecule has 1 atom stereocenters. The maximum absolute atomic E-state index is 12.4. The second-order valence-electron chi connectivity index (χ2n) is 5.80. The molecular formula is C19H19N3O3. The summed E-state index contributed by atoms with van der Waals surface area (Å²) >= 11 is 0. The van der Waals surface area contributed by atoms with E-state index < -0.39 is 6.10 Å². The van der Waals surface area contributed by atoms with E-state index in [2.05, 4.69) is 15.5 Å². The highest BCUT2D eigenvalue weighted by atomic mass is 16.5. The third kappa shape index (κ3) is 3.92. The number of aliphatic hydroxyl groups excluding tert-OH is 1. The van der Waals surface area contributed by atoms with Gasteiger partial charge in [-0.1, -0.05) is 41.6 Å². The molecule has 0 unspecified atom stereocenters. The predicted octanol–water partition coefficient (Wildman–Crippen LogP) is 2.82. The molecule has 0 aliphatic rings. The van der Waals surface area contributed by atoms with Crippen molar-refractivity contribution >= 4 is 5.91 Å². The van der Waals surface area contributed by atoms with E-state index in [9.17, 15) is 9.90 Å². The quantitative estimate of drug-likeness (QED) is 0.747. The van der Waals surface area contributed by atoms with Gasteiger partial charge >= 0.3 is 0 Å². The number of hydrogen-bond acceptors (Lipinski definition) is 5. The van der Waals surface area contributed by atoms with Gasteiger partial charge in [-0.25, -0.2) is 0 Å². The number of aryl methyl sites for hydroxylation is 2. The third-order valence-electron chi connectivity index (χ3n) is 3.91. The Labute approximate surface area is 145 Å². The molecule has 3 aromatic rings. The van der Waals surface area contributed by atoms with E-state index in [1.165, 1.54) is 0 Å². The average molecular weight is 337 g/mol. The van der Waals surface area contributed by atoms with Crippen LogP contribution in [0.4, 0.5) is 0 Å². The monoisotopic (exact) mass is 337 g/mol. The standard InChI is InChI=1S/C19H19N3O3/c1-12-6-3-4-9-16(12)17(23)11-20-19(24)15-8-5-7-14(10-15)18-21-13(2)25-22-18/h3-10,17,23H,11H2,1-2H3,(H,20,24)/t17-/m0/s1. The van der Waals surface area contributed by atoms with Crippen molar-refractivity contribution in [1.82, 2.24) is 15.5 Å². The zero-order valence-electron chi connectivity index (χ0n) is 14.1. The van der Waals surface area contributed by atoms with E-state index in [0.29, 0.717) is 22.8 Å². The van der Waals surface area contributed by atoms with Gasteiger partial charge in [0.25, 0.3) is 5.91 Å². The Kier molecular flexibility index (Phi) is 4.90. The van der Waals surface area contributed by atoms with Crippen LogP contribution in [0, 0.1) is 13.8 Å². The number of carbonyl (C=O) groups excluding carboxylic acids is 1. The van der Waals surface area contributed by atoms with Crippen LogP contribution < -0.4 is 5.32 Å². The van der Waals surface area contributed by atoms with Gasteiger partial charge in [-0.2, -0.15) is 4.98 Å². The van der Waals surface area contributed by atoms with Crippen LogP contribution in [0.3, 0.4) is 0 Å². The van der Waals surface area contributed by atoms with Crippen LogP contribution in [0.15, 0.2) is 53.1 Å². The molecule has 0 bridgehead atoms. The van der Waals surface area contributed by atoms with Gasteiger partial charge in [0.1, 0.15) is 0 Å². The summed E-state index contributed by atoms with van der Waals surface area (Å²) in [5.41, 5.74) is 2.96. The Hall–Kier alpha value is -2.99. The molecule has 0 aliphatic heterocycles. The molecule has 25 heavy (non-hydrogen) atoms. The van der Waals surface area contributed by atoms with Crippen molar-refractivity contribution in [1.29, 1.82) is 0 Å². The molecule has 3 rings (SSSR count). The summed E-state index contributed by atoms with van der Waals surface area (Å²) in [7, 11) is 0. The number of hydrogen-bond donors (Lipinski definition) is 2. The van der Waals surface area contributed by atoms with E-state index in [0.717, 1.165) is 11.1 Å². The SMILES string of the molecule is Cc1nc(-c2cccc(C(=O)NC[C@H](O)c3ccccc3C)c2)no1. The number of aliphatic hydroxyl groups is 1. The van der Waals surface area contributed by atoms with Gasteiger partial charge in [0.15, 0.2) is 0 Å². The zero-order chi connectivity index (χ0) is 17.8. The summed E-state index contributed by atoms with van der Waals surface area (Å²) in [6.45, 7) is 3.77. The second kappa shape index (κ2) is 7.27. The van der Waals surface area contributed by atoms with E-state index in [-0.39, 0.29) is 12.5 Å². The molecule has 6 nitrogen and oxygen atoms in total. The third-order valence-corrected chi connectivity index (χ3v) is 3.91. The molecule has 1 amide bonds. The van der Waals surface area contributed by atoms with Crippen LogP contribution >= 0.6 is 0 Å². The topological polar surface area (TPSA) is 88.2 Å². The lowest BCUT2D eigenvalue weighted by molar-refractivity contribution is 0.0916. The Bertz CT molecular complexity index is 889. The average Bonchev–Trinajstić information content (AvgIpc) is 3.06. The molecule has 0 aliphatic carbocycles. The fourth-order valence-electron chi connectivity index (χ4n) is 2.58. The van der Waals surface area contributed by atoms with Gasteiger partial charge in [-0.15, -0.1) is 0 Å². The van der Waals surface area contributed by atoms with Gasteiger partial charge in [0.05, 0.1) is 6.10 Å². The highest BCUT2D eigenvalue weighted by Crippen LogP contribution is 2.18. The molecule has 1 heterocycles. The number of rotatable bonds is 5. The molecule has 1 aromatic heterocycles. The van der Waals surface area contributed by atoms with Crippen molar-refractivity contribution in [3.05, 3.63) is 71.1 Å². The van der Waals surface area contributed by atoms with Crippen LogP contribution in [0.5, 0.6) is 0 Å². The lowest BCUT2D eigenvalue weighted by atomic mass is 10.0. The van der Waals surface area contributed by atoms with Crippen molar-refractivity contribution in [3.8, 4) is 11.4 Å². The summed E-state index contributed by atoms with van der Waals surface area (Å²) < 4.78 is 4.96. The van der Waals surface area contributed by atoms with Crippen LogP contribution in [-0.4, -0.2) is 27.7 Å². The molecule has 0 fully saturated rings. The first-order valence-electron chi connectivity index (χ1n) is 7.97. The summed E-state index contributed by atoms with van der Waals surface area (Å²) in [6, 6.07) is 14.5. The second-order valence-corrected chi connectivity index (χ2v) is 5.80. The number of nitrogens with zero attached hydrogens (tertiary/aromatic N) is 2. The minimum absolute atomic E-state index is 0.134. The maximum Gasteiger partial charge on any atom is 0.251 e. The first-order valence-corrected chi connectivity index (χ1v) is 7.97. The number of aromatic nitrogens is 2. The summed E-state index contributed by atoms with van der Waals surface area (Å²) in [4.78, 5) is 16.5. The number of amides is 1. The molecule has 0 saturated heterocycles. The summed E-state index contributed by atoms with van der Waals surface area (Å²) in [6.07, 6.45) is -0.756. The van der Waals surface area contributed by atoms with Crippen LogP contribution in [0.1, 0.15) is 33.5 Å². The fourth-order valence-corrected chi connectivity index (χ4v) is 2.58. The largest absolute Gasteiger partial charge is 0.387 e. The molecule has 0 saturated carbocycles. The van der Waals surface area contributed by atoms with Gasteiger partial charge in [0.2, 0.25) is 11.7 Å². The van der Waals surface area contributed by atoms with E-state index in [4.69, 9.17) is 4.52 Å². The maximum atomic E-state index is 12.4. The van der Waals surface area contributed by atoms with Crippen LogP contribution in [0.2, 0.25) is 0 Å². The van der Waals surface area contributed by atoms with Crippen molar-refractivity contribution in [2.75, 3.05) is 6.54 Å². The Balaban J connectivity index is 1.68. The van der Waals surface area contributed by atoms with Gasteiger partial charge in [-0.3, -0.25) is 4.79 Å². The van der Waals surface area contributed by atoms with E-state index >= 15 is 0 Å². The lowest BCUT2D eigenvalue weighted by Gasteiger charge is -2.14. The molecule has 6 heteroatoms. The number of carbonyl (C=O) groups is 1.